The van der Waals surface area contributed by atoms with Crippen molar-refractivity contribution in [3.05, 3.63) is 23.8 Å². The Hall–Kier alpha value is -1.65. The van der Waals surface area contributed by atoms with E-state index >= 15 is 0 Å². The molecule has 0 saturated carbocycles. The number of carbonyl (C=O) groups excluding carboxylic acids is 1. The third-order valence-corrected chi connectivity index (χ3v) is 5.61. The van der Waals surface area contributed by atoms with E-state index in [0.717, 1.165) is 4.90 Å². The largest absolute Gasteiger partial charge is 0.598 e. The topological polar surface area (TPSA) is 73.9 Å². The number of carbonyl (C=O) groups is 1. The number of aryl methyl sites for hydroxylation is 1. The fourth-order valence-electron chi connectivity index (χ4n) is 2.09. The Morgan fingerprint density at radius 2 is 1.72 bits per heavy atom. The van der Waals surface area contributed by atoms with E-state index in [0.29, 0.717) is 18.4 Å². The third kappa shape index (κ3) is 9.14. The lowest BCUT2D eigenvalue weighted by Gasteiger charge is -2.32. The van der Waals surface area contributed by atoms with Crippen molar-refractivity contribution in [3.8, 4) is 11.5 Å². The molecule has 0 aliphatic rings. The maximum Gasteiger partial charge on any atom is 0.573 e. The van der Waals surface area contributed by atoms with Gasteiger partial charge in [0.15, 0.2) is 11.5 Å². The number of hydrogen-bond donors (Lipinski definition) is 1. The van der Waals surface area contributed by atoms with E-state index in [1.54, 1.807) is 6.07 Å². The van der Waals surface area contributed by atoms with Crippen LogP contribution in [0.1, 0.15) is 46.6 Å². The molecule has 1 N–H and O–H groups in total. The summed E-state index contributed by atoms with van der Waals surface area (Å²) in [5, 5.41) is 0. The normalized spacial score (nSPS) is 13.8. The van der Waals surface area contributed by atoms with Gasteiger partial charge in [0.1, 0.15) is 4.75 Å². The van der Waals surface area contributed by atoms with Gasteiger partial charge in [0.2, 0.25) is 0 Å². The van der Waals surface area contributed by atoms with E-state index in [-0.39, 0.29) is 5.75 Å². The lowest BCUT2D eigenvalue weighted by Crippen LogP contribution is -2.50. The second-order valence-electron chi connectivity index (χ2n) is 8.46. The summed E-state index contributed by atoms with van der Waals surface area (Å²) in [5.41, 5.74) is 0.0458. The summed E-state index contributed by atoms with van der Waals surface area (Å²) in [7, 11) is 2.83. The van der Waals surface area contributed by atoms with Crippen molar-refractivity contribution in [1.29, 1.82) is 0 Å². The molecule has 0 aliphatic heterocycles. The molecule has 6 nitrogen and oxygen atoms in total. The van der Waals surface area contributed by atoms with Crippen LogP contribution in [0, 0.1) is 0 Å². The highest BCUT2D eigenvalue weighted by atomic mass is 32.2. The van der Waals surface area contributed by atoms with E-state index < -0.39 is 39.9 Å². The Labute approximate surface area is 173 Å². The second-order valence-corrected chi connectivity index (χ2v) is 10.4. The molecule has 0 bridgehead atoms. The quantitative estimate of drug-likeness (QED) is 0.639. The summed E-state index contributed by atoms with van der Waals surface area (Å²) in [6.07, 6.45) is -4.84. The molecule has 0 unspecified atom stereocenters. The first kappa shape index (κ1) is 25.4. The highest BCUT2D eigenvalue weighted by Gasteiger charge is 2.34. The minimum atomic E-state index is -4.93. The van der Waals surface area contributed by atoms with Crippen LogP contribution < -0.4 is 14.2 Å². The Morgan fingerprint density at radius 3 is 2.21 bits per heavy atom. The van der Waals surface area contributed by atoms with Gasteiger partial charge in [-0.25, -0.2) is 4.79 Å². The first-order valence-corrected chi connectivity index (χ1v) is 10.1. The van der Waals surface area contributed by atoms with Crippen molar-refractivity contribution in [3.63, 3.8) is 0 Å². The smallest absolute Gasteiger partial charge is 0.573 e. The predicted molar refractivity (Wildman–Crippen MR) is 106 cm³/mol. The van der Waals surface area contributed by atoms with Crippen molar-refractivity contribution < 1.29 is 32.0 Å². The zero-order valence-electron chi connectivity index (χ0n) is 17.8. The summed E-state index contributed by atoms with van der Waals surface area (Å²) in [4.78, 5) is 12.8. The van der Waals surface area contributed by atoms with E-state index in [2.05, 4.69) is 9.46 Å². The van der Waals surface area contributed by atoms with Crippen molar-refractivity contribution in [1.82, 2.24) is 9.62 Å². The SMILES string of the molecule is CN(C)C(=O)Oc1ccc(CCC(C)(C)N[S@+]([O-])C(C)(C)C)cc1OC(F)(F)F. The molecule has 0 spiro atoms. The molecular formula is C19H29F3N2O4S. The van der Waals surface area contributed by atoms with Crippen molar-refractivity contribution >= 4 is 17.5 Å². The second kappa shape index (κ2) is 9.44. The van der Waals surface area contributed by atoms with Gasteiger partial charge < -0.3 is 18.9 Å². The fourth-order valence-corrected chi connectivity index (χ4v) is 3.00. The number of amides is 1. The summed E-state index contributed by atoms with van der Waals surface area (Å²) in [6.45, 7) is 9.29. The van der Waals surface area contributed by atoms with Gasteiger partial charge in [0, 0.05) is 25.5 Å². The molecule has 29 heavy (non-hydrogen) atoms. The molecule has 0 fully saturated rings. The van der Waals surface area contributed by atoms with E-state index in [1.165, 1.54) is 26.2 Å². The predicted octanol–water partition coefficient (Wildman–Crippen LogP) is 4.41. The molecule has 1 amide bonds. The number of benzene rings is 1. The molecule has 10 heteroatoms. The third-order valence-electron chi connectivity index (χ3n) is 3.76. The molecule has 1 aromatic carbocycles. The molecule has 0 radical (unpaired) electrons. The maximum atomic E-state index is 12.8. The lowest BCUT2D eigenvalue weighted by atomic mass is 9.96. The molecule has 1 rings (SSSR count). The molecule has 0 aromatic heterocycles. The zero-order valence-corrected chi connectivity index (χ0v) is 18.6. The monoisotopic (exact) mass is 438 g/mol. The van der Waals surface area contributed by atoms with Gasteiger partial charge in [-0.2, -0.15) is 0 Å². The minimum absolute atomic E-state index is 0.323. The Kier molecular flexibility index (Phi) is 8.26. The fraction of sp³-hybridized carbons (Fsp3) is 0.632. The van der Waals surface area contributed by atoms with Crippen molar-refractivity contribution in [2.75, 3.05) is 14.1 Å². The zero-order chi connectivity index (χ0) is 22.6. The first-order valence-electron chi connectivity index (χ1n) is 8.98. The number of nitrogens with zero attached hydrogens (tertiary/aromatic N) is 1. The van der Waals surface area contributed by atoms with Gasteiger partial charge in [-0.1, -0.05) is 6.07 Å². The maximum absolute atomic E-state index is 12.8. The number of halogens is 3. The average Bonchev–Trinajstić information content (AvgIpc) is 2.52. The minimum Gasteiger partial charge on any atom is -0.598 e. The summed E-state index contributed by atoms with van der Waals surface area (Å²) in [6, 6.07) is 4.03. The molecule has 0 heterocycles. The van der Waals surface area contributed by atoms with Crippen LogP contribution in [0.25, 0.3) is 0 Å². The highest BCUT2D eigenvalue weighted by Crippen LogP contribution is 2.34. The van der Waals surface area contributed by atoms with Crippen LogP contribution in [0.3, 0.4) is 0 Å². The van der Waals surface area contributed by atoms with Gasteiger partial charge in [0.25, 0.3) is 0 Å². The van der Waals surface area contributed by atoms with Crippen LogP contribution in [0.15, 0.2) is 18.2 Å². The number of alkyl halides is 3. The van der Waals surface area contributed by atoms with Crippen LogP contribution in [0.5, 0.6) is 11.5 Å². The molecule has 1 aromatic rings. The van der Waals surface area contributed by atoms with Crippen molar-refractivity contribution in [2.24, 2.45) is 0 Å². The molecule has 0 aliphatic carbocycles. The van der Waals surface area contributed by atoms with E-state index in [4.69, 9.17) is 4.74 Å². The molecular weight excluding hydrogens is 409 g/mol. The lowest BCUT2D eigenvalue weighted by molar-refractivity contribution is -0.275. The molecule has 1 atom stereocenters. The Balaban J connectivity index is 2.97. The number of nitrogens with one attached hydrogen (secondary N) is 1. The summed E-state index contributed by atoms with van der Waals surface area (Å²) >= 11 is -1.28. The summed E-state index contributed by atoms with van der Waals surface area (Å²) in [5.74, 6) is -0.912. The van der Waals surface area contributed by atoms with E-state index in [1.807, 2.05) is 34.6 Å². The van der Waals surface area contributed by atoms with Crippen LogP contribution in [0.4, 0.5) is 18.0 Å². The Bertz CT molecular complexity index is 704. The van der Waals surface area contributed by atoms with Gasteiger partial charge in [-0.15, -0.1) is 17.9 Å². The van der Waals surface area contributed by atoms with Gasteiger partial charge in [0.05, 0.1) is 5.54 Å². The van der Waals surface area contributed by atoms with Crippen molar-refractivity contribution in [2.45, 2.75) is 64.1 Å². The number of hydrogen-bond acceptors (Lipinski definition) is 5. The Morgan fingerprint density at radius 1 is 1.14 bits per heavy atom. The van der Waals surface area contributed by atoms with Gasteiger partial charge in [-0.3, -0.25) is 0 Å². The highest BCUT2D eigenvalue weighted by molar-refractivity contribution is 7.90. The molecule has 0 saturated heterocycles. The van der Waals surface area contributed by atoms with Crippen LogP contribution in [0.2, 0.25) is 0 Å². The van der Waals surface area contributed by atoms with Crippen LogP contribution >= 0.6 is 0 Å². The number of ether oxygens (including phenoxy) is 2. The van der Waals surface area contributed by atoms with Crippen LogP contribution in [-0.4, -0.2) is 46.3 Å². The van der Waals surface area contributed by atoms with E-state index in [9.17, 15) is 22.5 Å². The average molecular weight is 439 g/mol. The first-order chi connectivity index (χ1) is 13.0. The van der Waals surface area contributed by atoms with Crippen LogP contribution in [-0.2, 0) is 17.8 Å². The van der Waals surface area contributed by atoms with Gasteiger partial charge >= 0.3 is 12.5 Å². The van der Waals surface area contributed by atoms with Gasteiger partial charge in [-0.05, 0) is 65.2 Å². The summed E-state index contributed by atoms with van der Waals surface area (Å²) < 4.78 is 62.2. The molecule has 166 valence electrons. The standard InChI is InChI=1S/C19H29F3N2O4S/c1-17(2,3)29(26)23-18(4,5)11-10-13-8-9-14(27-16(25)24(6)7)15(12-13)28-19(20,21)22/h8-9,12,23H,10-11H2,1-7H3/t29-/m1/s1. The number of rotatable bonds is 7.